The van der Waals surface area contributed by atoms with E-state index in [-0.39, 0.29) is 27.8 Å². The van der Waals surface area contributed by atoms with Crippen molar-refractivity contribution < 1.29 is 22.7 Å². The number of hydrogen-bond acceptors (Lipinski definition) is 5. The van der Waals surface area contributed by atoms with Crippen LogP contribution in [-0.2, 0) is 14.6 Å². The highest BCUT2D eigenvalue weighted by atomic mass is 35.5. The van der Waals surface area contributed by atoms with E-state index >= 15 is 0 Å². The van der Waals surface area contributed by atoms with Gasteiger partial charge in [0.2, 0.25) is 0 Å². The second-order valence-corrected chi connectivity index (χ2v) is 10.7. The summed E-state index contributed by atoms with van der Waals surface area (Å²) in [5, 5.41) is 5.58. The van der Waals surface area contributed by atoms with E-state index in [2.05, 4.69) is 10.6 Å². The number of rotatable bonds is 7. The Morgan fingerprint density at radius 3 is 2.37 bits per heavy atom. The molecule has 0 unspecified atom stereocenters. The van der Waals surface area contributed by atoms with Crippen LogP contribution in [0.3, 0.4) is 0 Å². The highest BCUT2D eigenvalue weighted by Gasteiger charge is 2.30. The lowest BCUT2D eigenvalue weighted by atomic mass is 10.1. The standard InChI is InChI=1S/C26H23ClN2O5S/c27-23-12-5-4-11-22(23)25(30)29-24(26(31)28-19-13-14-35(32,33)17-19)16-18-7-6-10-21(15-18)34-20-8-2-1-3-9-20/h1-12,15-16,19H,13-14,17H2,(H,28,31)(H,29,30)/b24-16+/t19-/m0/s1. The summed E-state index contributed by atoms with van der Waals surface area (Å²) in [5.74, 6) is -0.0769. The van der Waals surface area contributed by atoms with E-state index in [1.54, 1.807) is 48.5 Å². The summed E-state index contributed by atoms with van der Waals surface area (Å²) in [6.45, 7) is 0. The molecule has 180 valence electrons. The lowest BCUT2D eigenvalue weighted by molar-refractivity contribution is -0.118. The number of carbonyl (C=O) groups is 2. The molecule has 0 saturated carbocycles. The number of nitrogens with one attached hydrogen (secondary N) is 2. The molecule has 0 aromatic heterocycles. The van der Waals surface area contributed by atoms with Gasteiger partial charge in [0, 0.05) is 6.04 Å². The van der Waals surface area contributed by atoms with Crippen LogP contribution in [0.25, 0.3) is 6.08 Å². The fourth-order valence-electron chi connectivity index (χ4n) is 3.62. The minimum atomic E-state index is -3.19. The summed E-state index contributed by atoms with van der Waals surface area (Å²) in [4.78, 5) is 26.0. The molecule has 0 spiro atoms. The maximum Gasteiger partial charge on any atom is 0.268 e. The molecule has 1 aliphatic rings. The Morgan fingerprint density at radius 2 is 1.66 bits per heavy atom. The Kier molecular flexibility index (Phi) is 7.53. The fourth-order valence-corrected chi connectivity index (χ4v) is 5.52. The second kappa shape index (κ2) is 10.8. The molecule has 1 saturated heterocycles. The molecule has 35 heavy (non-hydrogen) atoms. The van der Waals surface area contributed by atoms with Crippen LogP contribution in [0.1, 0.15) is 22.3 Å². The van der Waals surface area contributed by atoms with Crippen LogP contribution < -0.4 is 15.4 Å². The molecule has 3 aromatic rings. The van der Waals surface area contributed by atoms with E-state index in [0.29, 0.717) is 23.5 Å². The molecule has 0 aliphatic carbocycles. The van der Waals surface area contributed by atoms with Crippen LogP contribution >= 0.6 is 11.6 Å². The quantitative estimate of drug-likeness (QED) is 0.464. The monoisotopic (exact) mass is 510 g/mol. The molecule has 1 atom stereocenters. The van der Waals surface area contributed by atoms with E-state index < -0.39 is 27.7 Å². The van der Waals surface area contributed by atoms with Gasteiger partial charge in [0.05, 0.1) is 22.1 Å². The van der Waals surface area contributed by atoms with Crippen LogP contribution in [0.15, 0.2) is 84.6 Å². The second-order valence-electron chi connectivity index (χ2n) is 8.05. The number of carbonyl (C=O) groups excluding carboxylic acids is 2. The van der Waals surface area contributed by atoms with Crippen LogP contribution in [0.2, 0.25) is 5.02 Å². The average molecular weight is 511 g/mol. The Bertz CT molecular complexity index is 1370. The first-order valence-electron chi connectivity index (χ1n) is 10.9. The van der Waals surface area contributed by atoms with Gasteiger partial charge >= 0.3 is 0 Å². The van der Waals surface area contributed by atoms with Crippen molar-refractivity contribution in [2.45, 2.75) is 12.5 Å². The maximum atomic E-state index is 13.1. The SMILES string of the molecule is O=C(N[C@H]1CCS(=O)(=O)C1)/C(=C\c1cccc(Oc2ccccc2)c1)NC(=O)c1ccccc1Cl. The van der Waals surface area contributed by atoms with Crippen LogP contribution in [0.5, 0.6) is 11.5 Å². The minimum absolute atomic E-state index is 0.0157. The number of benzene rings is 3. The lowest BCUT2D eigenvalue weighted by Gasteiger charge is -2.15. The first-order valence-corrected chi connectivity index (χ1v) is 13.1. The van der Waals surface area contributed by atoms with Gasteiger partial charge < -0.3 is 15.4 Å². The van der Waals surface area contributed by atoms with Crippen molar-refractivity contribution >= 4 is 39.3 Å². The molecule has 9 heteroatoms. The van der Waals surface area contributed by atoms with Gasteiger partial charge in [-0.05, 0) is 54.5 Å². The third-order valence-electron chi connectivity index (χ3n) is 5.33. The van der Waals surface area contributed by atoms with Crippen molar-refractivity contribution in [2.24, 2.45) is 0 Å². The summed E-state index contributed by atoms with van der Waals surface area (Å²) in [7, 11) is -3.19. The van der Waals surface area contributed by atoms with Gasteiger partial charge in [0.25, 0.3) is 11.8 Å². The maximum absolute atomic E-state index is 13.1. The molecule has 2 N–H and O–H groups in total. The first-order chi connectivity index (χ1) is 16.8. The number of sulfone groups is 1. The molecule has 1 heterocycles. The predicted molar refractivity (Wildman–Crippen MR) is 135 cm³/mol. The van der Waals surface area contributed by atoms with Gasteiger partial charge in [0.1, 0.15) is 17.2 Å². The Hall–Kier alpha value is -3.62. The van der Waals surface area contributed by atoms with E-state index in [1.807, 2.05) is 30.3 Å². The first kappa shape index (κ1) is 24.5. The third-order valence-corrected chi connectivity index (χ3v) is 7.42. The Labute approximate surface area is 208 Å². The van der Waals surface area contributed by atoms with Crippen molar-refractivity contribution in [3.8, 4) is 11.5 Å². The number of para-hydroxylation sites is 1. The van der Waals surface area contributed by atoms with Crippen molar-refractivity contribution in [2.75, 3.05) is 11.5 Å². The molecule has 1 fully saturated rings. The predicted octanol–water partition coefficient (Wildman–Crippen LogP) is 4.21. The smallest absolute Gasteiger partial charge is 0.268 e. The number of amides is 2. The normalized spacial score (nSPS) is 16.9. The Balaban J connectivity index is 1.60. The molecule has 2 amide bonds. The van der Waals surface area contributed by atoms with Gasteiger partial charge in [-0.15, -0.1) is 0 Å². The van der Waals surface area contributed by atoms with Gasteiger partial charge in [-0.25, -0.2) is 8.42 Å². The number of halogens is 1. The third kappa shape index (κ3) is 6.71. The van der Waals surface area contributed by atoms with E-state index in [9.17, 15) is 18.0 Å². The fraction of sp³-hybridized carbons (Fsp3) is 0.154. The van der Waals surface area contributed by atoms with E-state index in [1.165, 1.54) is 6.08 Å². The van der Waals surface area contributed by atoms with Gasteiger partial charge in [-0.1, -0.05) is 54.1 Å². The highest BCUT2D eigenvalue weighted by molar-refractivity contribution is 7.91. The van der Waals surface area contributed by atoms with Crippen molar-refractivity contribution in [1.29, 1.82) is 0 Å². The molecule has 4 rings (SSSR count). The molecular weight excluding hydrogens is 488 g/mol. The van der Waals surface area contributed by atoms with Gasteiger partial charge in [-0.3, -0.25) is 9.59 Å². The van der Waals surface area contributed by atoms with Crippen LogP contribution in [0, 0.1) is 0 Å². The van der Waals surface area contributed by atoms with Gasteiger partial charge in [-0.2, -0.15) is 0 Å². The van der Waals surface area contributed by atoms with Crippen LogP contribution in [-0.4, -0.2) is 37.8 Å². The lowest BCUT2D eigenvalue weighted by Crippen LogP contribution is -2.41. The average Bonchev–Trinajstić information content (AvgIpc) is 3.17. The largest absolute Gasteiger partial charge is 0.457 e. The van der Waals surface area contributed by atoms with Gasteiger partial charge in [0.15, 0.2) is 9.84 Å². The molecule has 0 bridgehead atoms. The molecule has 1 aliphatic heterocycles. The Morgan fingerprint density at radius 1 is 0.943 bits per heavy atom. The zero-order valence-electron chi connectivity index (χ0n) is 18.6. The number of hydrogen-bond donors (Lipinski definition) is 2. The van der Waals surface area contributed by atoms with Crippen molar-refractivity contribution in [1.82, 2.24) is 10.6 Å². The minimum Gasteiger partial charge on any atom is -0.457 e. The summed E-state index contributed by atoms with van der Waals surface area (Å²) in [6, 6.07) is 22.2. The van der Waals surface area contributed by atoms with Crippen LogP contribution in [0.4, 0.5) is 0 Å². The summed E-state index contributed by atoms with van der Waals surface area (Å²) < 4.78 is 29.5. The number of ether oxygens (including phenoxy) is 1. The van der Waals surface area contributed by atoms with E-state index in [4.69, 9.17) is 16.3 Å². The summed E-state index contributed by atoms with van der Waals surface area (Å²) >= 11 is 6.14. The molecular formula is C26H23ClN2O5S. The molecule has 0 radical (unpaired) electrons. The van der Waals surface area contributed by atoms with Crippen molar-refractivity contribution in [3.63, 3.8) is 0 Å². The summed E-state index contributed by atoms with van der Waals surface area (Å²) in [5.41, 5.74) is 0.760. The summed E-state index contributed by atoms with van der Waals surface area (Å²) in [6.07, 6.45) is 1.82. The molecule has 7 nitrogen and oxygen atoms in total. The highest BCUT2D eigenvalue weighted by Crippen LogP contribution is 2.23. The topological polar surface area (TPSA) is 102 Å². The van der Waals surface area contributed by atoms with E-state index in [0.717, 1.165) is 0 Å². The van der Waals surface area contributed by atoms with Crippen molar-refractivity contribution in [3.05, 3.63) is 101 Å². The zero-order valence-corrected chi connectivity index (χ0v) is 20.2. The molecule has 3 aromatic carbocycles. The zero-order chi connectivity index (χ0) is 24.8.